The summed E-state index contributed by atoms with van der Waals surface area (Å²) in [5.41, 5.74) is 15.2. The molecular weight excluding hydrogens is 833 g/mol. The van der Waals surface area contributed by atoms with Crippen LogP contribution in [0, 0.1) is 18.8 Å². The number of H-pyrrole nitrogens is 1. The first-order chi connectivity index (χ1) is 32.6. The van der Waals surface area contributed by atoms with Crippen molar-refractivity contribution in [2.75, 3.05) is 46.8 Å². The summed E-state index contributed by atoms with van der Waals surface area (Å²) in [7, 11) is 4.19. The summed E-state index contributed by atoms with van der Waals surface area (Å²) in [6.07, 6.45) is 26.1. The van der Waals surface area contributed by atoms with Gasteiger partial charge in [0.05, 0.1) is 25.0 Å². The molecule has 2 aliphatic carbocycles. The van der Waals surface area contributed by atoms with Crippen molar-refractivity contribution in [3.8, 4) is 24.1 Å². The Bertz CT molecular complexity index is 1640. The second kappa shape index (κ2) is 50.2. The number of terminal acetylenes is 1. The second-order valence-electron chi connectivity index (χ2n) is 14.4. The molecule has 1 atom stereocenters. The SMILES string of the molecule is C#C.C=C(CNC=O)N(CCC)Cc1ncc(-c2cc3c4c(c2)COC2=CC(/C(=C/NCCN(C)CCC)NC)CC(=C24)CC3)[nH]1.C=CCC.CC.CC.CC.CC.CCC.CCC.NC=O. The number of nitrogens with zero attached hydrogens (tertiary/aromatic N) is 3. The van der Waals surface area contributed by atoms with Crippen molar-refractivity contribution in [2.45, 2.75) is 168 Å². The predicted molar refractivity (Wildman–Crippen MR) is 295 cm³/mol. The fourth-order valence-corrected chi connectivity index (χ4v) is 6.67. The van der Waals surface area contributed by atoms with Crippen molar-refractivity contribution in [3.05, 3.63) is 95.1 Å². The topological polar surface area (TPSA) is 141 Å². The van der Waals surface area contributed by atoms with Crippen LogP contribution in [0.1, 0.15) is 171 Å². The smallest absolute Gasteiger partial charge is 0.207 e. The number of hydrogen-bond donors (Lipinski definition) is 5. The van der Waals surface area contributed by atoms with Gasteiger partial charge in [0, 0.05) is 61.3 Å². The lowest BCUT2D eigenvalue weighted by atomic mass is 9.74. The Balaban J connectivity index is -0.000000476. The van der Waals surface area contributed by atoms with Gasteiger partial charge in [0.2, 0.25) is 12.8 Å². The normalized spacial score (nSPS) is 12.7. The molecule has 1 aliphatic heterocycles. The minimum Gasteiger partial charge on any atom is -0.489 e. The first kappa shape index (κ1) is 70.8. The van der Waals surface area contributed by atoms with Crippen molar-refractivity contribution in [2.24, 2.45) is 11.7 Å². The van der Waals surface area contributed by atoms with Gasteiger partial charge in [-0.25, -0.2) is 4.98 Å². The molecule has 0 saturated heterocycles. The van der Waals surface area contributed by atoms with Crippen molar-refractivity contribution >= 4 is 18.4 Å². The van der Waals surface area contributed by atoms with Crippen LogP contribution in [0.5, 0.6) is 0 Å². The van der Waals surface area contributed by atoms with E-state index < -0.39 is 0 Å². The molecule has 11 nitrogen and oxygen atoms in total. The molecule has 1 aromatic carbocycles. The Hall–Kier alpha value is -5.21. The number of amides is 2. The molecule has 384 valence electrons. The lowest BCUT2D eigenvalue weighted by molar-refractivity contribution is -0.109. The minimum atomic E-state index is 0.250. The fourth-order valence-electron chi connectivity index (χ4n) is 6.67. The van der Waals surface area contributed by atoms with E-state index in [1.165, 1.54) is 52.8 Å². The highest BCUT2D eigenvalue weighted by atomic mass is 16.5. The van der Waals surface area contributed by atoms with Gasteiger partial charge in [-0.2, -0.15) is 0 Å². The van der Waals surface area contributed by atoms with E-state index in [0.717, 1.165) is 86.8 Å². The number of allylic oxidation sites excluding steroid dienone is 4. The summed E-state index contributed by atoms with van der Waals surface area (Å²) >= 11 is 0. The maximum atomic E-state index is 10.8. The number of likely N-dealkylation sites (N-methyl/N-ethyl adjacent to an activating group) is 1. The van der Waals surface area contributed by atoms with Crippen LogP contribution in [0.15, 0.2) is 72.6 Å². The van der Waals surface area contributed by atoms with Gasteiger partial charge in [0.25, 0.3) is 0 Å². The van der Waals surface area contributed by atoms with Gasteiger partial charge >= 0.3 is 0 Å². The Kier molecular flexibility index (Phi) is 53.1. The molecule has 2 heterocycles. The molecule has 11 heteroatoms. The average molecular weight is 935 g/mol. The zero-order valence-electron chi connectivity index (χ0n) is 46.0. The monoisotopic (exact) mass is 935 g/mol. The maximum absolute atomic E-state index is 10.8. The molecule has 1 aromatic heterocycles. The quantitative estimate of drug-likeness (QED) is 0.0431. The first-order valence-corrected chi connectivity index (χ1v) is 25.4. The third-order valence-corrected chi connectivity index (χ3v) is 9.14. The van der Waals surface area contributed by atoms with E-state index in [1.807, 2.05) is 74.7 Å². The van der Waals surface area contributed by atoms with Crippen LogP contribution in [0.3, 0.4) is 0 Å². The summed E-state index contributed by atoms with van der Waals surface area (Å²) in [5, 5.41) is 9.69. The van der Waals surface area contributed by atoms with E-state index >= 15 is 0 Å². The number of carbonyl (C=O) groups excluding carboxylic acids is 2. The first-order valence-electron chi connectivity index (χ1n) is 25.4. The lowest BCUT2D eigenvalue weighted by Gasteiger charge is -2.36. The van der Waals surface area contributed by atoms with Gasteiger partial charge in [0.15, 0.2) is 0 Å². The van der Waals surface area contributed by atoms with Crippen molar-refractivity contribution in [1.82, 2.24) is 35.7 Å². The second-order valence-corrected chi connectivity index (χ2v) is 14.4. The predicted octanol–water partition coefficient (Wildman–Crippen LogP) is 12.5. The van der Waals surface area contributed by atoms with Gasteiger partial charge in [-0.1, -0.05) is 135 Å². The molecular formula is C56H102N8O3. The van der Waals surface area contributed by atoms with Gasteiger partial charge < -0.3 is 41.2 Å². The number of imidazole rings is 1. The zero-order chi connectivity index (χ0) is 52.6. The van der Waals surface area contributed by atoms with Gasteiger partial charge in [0.1, 0.15) is 18.2 Å². The molecule has 0 bridgehead atoms. The standard InChI is InChI=1S/C35H49N7O2.C4H8.2C3H8.4C2H6.C2H2.CH3NO/c1-6-11-41(5)13-10-37-19-30(36-4)28-15-26-9-8-25-14-27(16-29-22-44-32(17-28)35(26)34(25)29)31-20-39-33(40-31)21-42(12-7-2)24(3)18-38-23-43;1-3-4-2;2*1-3-2;5*1-2;2-1-3/h14,16-17,19-20,23,28,36-37H,3,6-13,15,18,21-22H2,1-2,4-5H3,(H,38,43)(H,39,40);3H,1,4H2,2H3;2*3H2,1-2H3;4*1-2H3;1-2H;1H,(H2,2,3)/b30-19-;;;;;;;;;. The highest BCUT2D eigenvalue weighted by Crippen LogP contribution is 2.48. The van der Waals surface area contributed by atoms with E-state index in [0.29, 0.717) is 26.1 Å². The number of aromatic amines is 1. The molecule has 67 heavy (non-hydrogen) atoms. The summed E-state index contributed by atoms with van der Waals surface area (Å²) < 4.78 is 6.46. The highest BCUT2D eigenvalue weighted by Gasteiger charge is 2.34. The highest BCUT2D eigenvalue weighted by molar-refractivity contribution is 5.88. The van der Waals surface area contributed by atoms with E-state index in [4.69, 9.17) is 14.5 Å². The summed E-state index contributed by atoms with van der Waals surface area (Å²) in [5.74, 6) is 2.19. The molecule has 1 unspecified atom stereocenters. The largest absolute Gasteiger partial charge is 0.489 e. The van der Waals surface area contributed by atoms with E-state index in [2.05, 4.69) is 142 Å². The van der Waals surface area contributed by atoms with Gasteiger partial charge in [-0.05, 0) is 87.0 Å². The number of hydrogen-bond acceptors (Lipinski definition) is 8. The molecule has 2 amide bonds. The lowest BCUT2D eigenvalue weighted by Crippen LogP contribution is -2.29. The molecule has 5 rings (SSSR count). The average Bonchev–Trinajstić information content (AvgIpc) is 3.85. The van der Waals surface area contributed by atoms with Crippen LogP contribution < -0.4 is 21.7 Å². The maximum Gasteiger partial charge on any atom is 0.207 e. The van der Waals surface area contributed by atoms with E-state index in [9.17, 15) is 4.79 Å². The molecule has 3 aliphatic rings. The number of nitrogens with one attached hydrogen (secondary N) is 4. The summed E-state index contributed by atoms with van der Waals surface area (Å²) in [4.78, 5) is 32.1. The molecule has 6 N–H and O–H groups in total. The fraction of sp³-hybridized carbons (Fsp3) is 0.589. The van der Waals surface area contributed by atoms with Crippen LogP contribution >= 0.6 is 0 Å². The number of carbonyl (C=O) groups is 2. The van der Waals surface area contributed by atoms with Crippen molar-refractivity contribution in [3.63, 3.8) is 0 Å². The molecule has 0 radical (unpaired) electrons. The Morgan fingerprint density at radius 2 is 1.46 bits per heavy atom. The Labute approximate surface area is 413 Å². The van der Waals surface area contributed by atoms with Crippen molar-refractivity contribution < 1.29 is 14.3 Å². The Morgan fingerprint density at radius 3 is 1.97 bits per heavy atom. The molecule has 2 aromatic rings. The van der Waals surface area contributed by atoms with Crippen LogP contribution in [-0.4, -0.2) is 79.4 Å². The van der Waals surface area contributed by atoms with Gasteiger partial charge in [-0.3, -0.25) is 9.59 Å². The molecule has 0 saturated carbocycles. The number of aromatic nitrogens is 2. The number of primary amides is 1. The van der Waals surface area contributed by atoms with Crippen molar-refractivity contribution in [1.29, 1.82) is 0 Å². The Morgan fingerprint density at radius 1 is 0.910 bits per heavy atom. The number of nitrogens with two attached hydrogens (primary N) is 1. The van der Waals surface area contributed by atoms with Crippen LogP contribution in [0.4, 0.5) is 0 Å². The zero-order valence-corrected chi connectivity index (χ0v) is 46.0. The van der Waals surface area contributed by atoms with E-state index in [1.54, 1.807) is 0 Å². The number of aryl methyl sites for hydroxylation is 1. The molecule has 0 fully saturated rings. The van der Waals surface area contributed by atoms with Crippen LogP contribution in [0.2, 0.25) is 0 Å². The van der Waals surface area contributed by atoms with Gasteiger partial charge in [-0.15, -0.1) is 19.4 Å². The van der Waals surface area contributed by atoms with E-state index in [-0.39, 0.29) is 12.3 Å². The molecule has 0 spiro atoms. The minimum absolute atomic E-state index is 0.250. The van der Waals surface area contributed by atoms with Crippen LogP contribution in [0.25, 0.3) is 16.8 Å². The number of ether oxygens (including phenoxy) is 1. The summed E-state index contributed by atoms with van der Waals surface area (Å²) in [6, 6.07) is 4.61. The summed E-state index contributed by atoms with van der Waals surface area (Å²) in [6.45, 7) is 44.1. The third-order valence-electron chi connectivity index (χ3n) is 9.14. The number of benzene rings is 1. The van der Waals surface area contributed by atoms with Crippen LogP contribution in [-0.2, 0) is 33.9 Å². The third kappa shape index (κ3) is 28.5. The number of rotatable bonds is 18.